The van der Waals surface area contributed by atoms with E-state index in [1.54, 1.807) is 36.7 Å². The highest BCUT2D eigenvalue weighted by Crippen LogP contribution is 2.11. The summed E-state index contributed by atoms with van der Waals surface area (Å²) in [5.41, 5.74) is 1.62. The second kappa shape index (κ2) is 6.16. The second-order valence-corrected chi connectivity index (χ2v) is 4.45. The Hall–Kier alpha value is -2.13. The van der Waals surface area contributed by atoms with Crippen LogP contribution in [0.5, 0.6) is 0 Å². The van der Waals surface area contributed by atoms with Gasteiger partial charge >= 0.3 is 0 Å². The first kappa shape index (κ1) is 13.3. The predicted octanol–water partition coefficient (Wildman–Crippen LogP) is 3.85. The van der Waals surface area contributed by atoms with Gasteiger partial charge in [0, 0.05) is 29.1 Å². The number of aromatic nitrogens is 1. The van der Waals surface area contributed by atoms with E-state index in [9.17, 15) is 4.79 Å². The van der Waals surface area contributed by atoms with Gasteiger partial charge in [0.25, 0.3) is 0 Å². The Morgan fingerprint density at radius 3 is 2.68 bits per heavy atom. The van der Waals surface area contributed by atoms with Crippen LogP contribution < -0.4 is 5.32 Å². The number of halogens is 1. The minimum absolute atomic E-state index is 0.0854. The van der Waals surface area contributed by atoms with Crippen molar-refractivity contribution >= 4 is 23.2 Å². The number of pyridine rings is 1. The lowest BCUT2D eigenvalue weighted by atomic mass is 10.1. The van der Waals surface area contributed by atoms with Gasteiger partial charge in [-0.05, 0) is 42.8 Å². The average molecular weight is 273 g/mol. The molecule has 3 nitrogen and oxygen atoms in total. The molecule has 2 rings (SSSR count). The number of nitrogens with one attached hydrogen (secondary N) is 1. The Kier molecular flexibility index (Phi) is 4.31. The van der Waals surface area contributed by atoms with Crippen molar-refractivity contribution in [2.45, 2.75) is 6.92 Å². The molecule has 0 aliphatic heterocycles. The first-order valence-corrected chi connectivity index (χ1v) is 6.19. The van der Waals surface area contributed by atoms with Crippen LogP contribution >= 0.6 is 11.6 Å². The molecule has 0 unspecified atom stereocenters. The van der Waals surface area contributed by atoms with Crippen LogP contribution in [-0.4, -0.2) is 10.8 Å². The van der Waals surface area contributed by atoms with Gasteiger partial charge in [0.15, 0.2) is 5.78 Å². The number of hydrogen-bond acceptors (Lipinski definition) is 3. The van der Waals surface area contributed by atoms with Gasteiger partial charge < -0.3 is 5.32 Å². The van der Waals surface area contributed by atoms with Gasteiger partial charge in [0.05, 0.1) is 0 Å². The molecule has 4 heteroatoms. The van der Waals surface area contributed by atoms with E-state index in [1.165, 1.54) is 6.08 Å². The van der Waals surface area contributed by atoms with Crippen LogP contribution in [-0.2, 0) is 0 Å². The van der Waals surface area contributed by atoms with E-state index >= 15 is 0 Å². The molecule has 1 aromatic carbocycles. The van der Waals surface area contributed by atoms with Crippen LogP contribution in [0.1, 0.15) is 15.9 Å². The lowest BCUT2D eigenvalue weighted by Crippen LogP contribution is -1.98. The van der Waals surface area contributed by atoms with Gasteiger partial charge in [-0.3, -0.25) is 4.79 Å². The number of benzene rings is 1. The van der Waals surface area contributed by atoms with Crippen LogP contribution in [0.2, 0.25) is 5.02 Å². The number of carbonyl (C=O) groups is 1. The van der Waals surface area contributed by atoms with Crippen LogP contribution in [0.4, 0.5) is 5.82 Å². The molecule has 0 saturated heterocycles. The van der Waals surface area contributed by atoms with E-state index in [-0.39, 0.29) is 5.78 Å². The van der Waals surface area contributed by atoms with Gasteiger partial charge in [-0.15, -0.1) is 0 Å². The fourth-order valence-corrected chi connectivity index (χ4v) is 1.67. The summed E-state index contributed by atoms with van der Waals surface area (Å²) in [7, 11) is 0. The van der Waals surface area contributed by atoms with Crippen molar-refractivity contribution in [3.8, 4) is 0 Å². The Labute approximate surface area is 116 Å². The maximum Gasteiger partial charge on any atom is 0.187 e. The summed E-state index contributed by atoms with van der Waals surface area (Å²) in [6.45, 7) is 1.95. The van der Waals surface area contributed by atoms with Crippen molar-refractivity contribution in [2.75, 3.05) is 5.32 Å². The summed E-state index contributed by atoms with van der Waals surface area (Å²) in [6, 6.07) is 10.6. The van der Waals surface area contributed by atoms with E-state index in [4.69, 9.17) is 11.6 Å². The topological polar surface area (TPSA) is 42.0 Å². The predicted molar refractivity (Wildman–Crippen MR) is 77.5 cm³/mol. The second-order valence-electron chi connectivity index (χ2n) is 4.02. The minimum atomic E-state index is -0.0854. The third-order valence-electron chi connectivity index (χ3n) is 2.59. The fraction of sp³-hybridized carbons (Fsp3) is 0.0667. The summed E-state index contributed by atoms with van der Waals surface area (Å²) in [4.78, 5) is 16.0. The van der Waals surface area contributed by atoms with Gasteiger partial charge in [0.2, 0.25) is 0 Å². The standard InChI is InChI=1S/C15H13ClN2O/c1-11-3-2-9-17-15(11)18-10-8-14(19)12-4-6-13(16)7-5-12/h2-10H,1H3,(H,17,18)/b10-8+. The Balaban J connectivity index is 2.01. The lowest BCUT2D eigenvalue weighted by Gasteiger charge is -2.02. The number of anilines is 1. The molecule has 0 amide bonds. The van der Waals surface area contributed by atoms with Gasteiger partial charge in [-0.25, -0.2) is 4.98 Å². The Bertz CT molecular complexity index is 606. The number of hydrogen-bond donors (Lipinski definition) is 1. The molecule has 0 aliphatic rings. The van der Waals surface area contributed by atoms with E-state index in [0.29, 0.717) is 10.6 Å². The van der Waals surface area contributed by atoms with Crippen molar-refractivity contribution in [3.63, 3.8) is 0 Å². The summed E-state index contributed by atoms with van der Waals surface area (Å²) in [6.07, 6.45) is 4.76. The van der Waals surface area contributed by atoms with Crippen LogP contribution in [0.3, 0.4) is 0 Å². The van der Waals surface area contributed by atoms with Crippen molar-refractivity contribution in [2.24, 2.45) is 0 Å². The smallest absolute Gasteiger partial charge is 0.187 e. The highest BCUT2D eigenvalue weighted by Gasteiger charge is 2.01. The monoisotopic (exact) mass is 272 g/mol. The molecule has 0 aliphatic carbocycles. The van der Waals surface area contributed by atoms with Gasteiger partial charge in [-0.2, -0.15) is 0 Å². The molecule has 0 bridgehead atoms. The van der Waals surface area contributed by atoms with E-state index in [1.807, 2.05) is 19.1 Å². The van der Waals surface area contributed by atoms with E-state index in [0.717, 1.165) is 11.4 Å². The molecule has 1 heterocycles. The molecule has 0 atom stereocenters. The number of allylic oxidation sites excluding steroid dienone is 1. The molecule has 0 radical (unpaired) electrons. The van der Waals surface area contributed by atoms with Crippen molar-refractivity contribution in [1.82, 2.24) is 4.98 Å². The molecule has 1 aromatic heterocycles. The molecule has 2 aromatic rings. The highest BCUT2D eigenvalue weighted by atomic mass is 35.5. The molecule has 0 spiro atoms. The summed E-state index contributed by atoms with van der Waals surface area (Å²) < 4.78 is 0. The van der Waals surface area contributed by atoms with Crippen LogP contribution in [0, 0.1) is 6.92 Å². The zero-order valence-electron chi connectivity index (χ0n) is 10.4. The average Bonchev–Trinajstić information content (AvgIpc) is 2.41. The van der Waals surface area contributed by atoms with Crippen molar-refractivity contribution in [1.29, 1.82) is 0 Å². The number of ketones is 1. The zero-order chi connectivity index (χ0) is 13.7. The van der Waals surface area contributed by atoms with Crippen LogP contribution in [0.15, 0.2) is 54.9 Å². The number of aryl methyl sites for hydroxylation is 1. The molecule has 0 saturated carbocycles. The lowest BCUT2D eigenvalue weighted by molar-refractivity contribution is 0.104. The summed E-state index contributed by atoms with van der Waals surface area (Å²) in [5.74, 6) is 0.653. The molecule has 96 valence electrons. The number of carbonyl (C=O) groups excluding carboxylic acids is 1. The molecular formula is C15H13ClN2O. The fourth-order valence-electron chi connectivity index (χ4n) is 1.54. The minimum Gasteiger partial charge on any atom is -0.346 e. The first-order chi connectivity index (χ1) is 9.16. The third kappa shape index (κ3) is 3.66. The zero-order valence-corrected chi connectivity index (χ0v) is 11.2. The van der Waals surface area contributed by atoms with E-state index in [2.05, 4.69) is 10.3 Å². The summed E-state index contributed by atoms with van der Waals surface area (Å²) >= 11 is 5.77. The molecule has 1 N–H and O–H groups in total. The van der Waals surface area contributed by atoms with Gasteiger partial charge in [-0.1, -0.05) is 17.7 Å². The molecular weight excluding hydrogens is 260 g/mol. The van der Waals surface area contributed by atoms with E-state index < -0.39 is 0 Å². The SMILES string of the molecule is Cc1cccnc1N/C=C/C(=O)c1ccc(Cl)cc1. The maximum atomic E-state index is 11.8. The summed E-state index contributed by atoms with van der Waals surface area (Å²) in [5, 5.41) is 3.60. The Morgan fingerprint density at radius 1 is 1.26 bits per heavy atom. The number of rotatable bonds is 4. The molecule has 0 fully saturated rings. The quantitative estimate of drug-likeness (QED) is 0.679. The van der Waals surface area contributed by atoms with Crippen LogP contribution in [0.25, 0.3) is 0 Å². The first-order valence-electron chi connectivity index (χ1n) is 5.81. The largest absolute Gasteiger partial charge is 0.346 e. The normalized spacial score (nSPS) is 10.6. The van der Waals surface area contributed by atoms with Gasteiger partial charge in [0.1, 0.15) is 5.82 Å². The Morgan fingerprint density at radius 2 is 2.00 bits per heavy atom. The van der Waals surface area contributed by atoms with Crippen molar-refractivity contribution in [3.05, 3.63) is 71.0 Å². The van der Waals surface area contributed by atoms with Crippen molar-refractivity contribution < 1.29 is 4.79 Å². The number of nitrogens with zero attached hydrogens (tertiary/aromatic N) is 1. The highest BCUT2D eigenvalue weighted by molar-refractivity contribution is 6.30. The maximum absolute atomic E-state index is 11.8. The molecule has 19 heavy (non-hydrogen) atoms. The third-order valence-corrected chi connectivity index (χ3v) is 2.84.